The summed E-state index contributed by atoms with van der Waals surface area (Å²) in [7, 11) is 0. The van der Waals surface area contributed by atoms with Crippen molar-refractivity contribution in [1.82, 2.24) is 15.0 Å². The molecule has 3 heteroatoms. The average Bonchev–Trinajstić information content (AvgIpc) is 3.34. The van der Waals surface area contributed by atoms with E-state index in [-0.39, 0.29) is 5.41 Å². The van der Waals surface area contributed by atoms with Gasteiger partial charge in [0.1, 0.15) is 0 Å². The molecule has 45 heavy (non-hydrogen) atoms. The van der Waals surface area contributed by atoms with Gasteiger partial charge >= 0.3 is 0 Å². The van der Waals surface area contributed by atoms with E-state index >= 15 is 0 Å². The molecular weight excluding hydrogens is 546 g/mol. The number of hydrogen-bond acceptors (Lipinski definition) is 3. The summed E-state index contributed by atoms with van der Waals surface area (Å²) in [4.78, 5) is 14.4. The molecule has 0 radical (unpaired) electrons. The van der Waals surface area contributed by atoms with Crippen molar-refractivity contribution in [1.29, 1.82) is 0 Å². The van der Waals surface area contributed by atoms with Gasteiger partial charge in [-0.1, -0.05) is 129 Å². The summed E-state index contributed by atoms with van der Waals surface area (Å²) in [5.41, 5.74) is 14.9. The third kappa shape index (κ3) is 4.83. The van der Waals surface area contributed by atoms with Gasteiger partial charge in [-0.15, -0.1) is 0 Å². The third-order valence-corrected chi connectivity index (χ3v) is 9.03. The smallest absolute Gasteiger partial charge is 0.160 e. The minimum Gasteiger partial charge on any atom is -0.264 e. The van der Waals surface area contributed by atoms with Crippen molar-refractivity contribution in [3.05, 3.63) is 163 Å². The lowest BCUT2D eigenvalue weighted by Crippen LogP contribution is -2.14. The molecule has 0 bridgehead atoms. The Morgan fingerprint density at radius 3 is 1.71 bits per heavy atom. The van der Waals surface area contributed by atoms with Crippen molar-refractivity contribution >= 4 is 0 Å². The van der Waals surface area contributed by atoms with E-state index in [2.05, 4.69) is 140 Å². The summed E-state index contributed by atoms with van der Waals surface area (Å²) in [5, 5.41) is 0. The van der Waals surface area contributed by atoms with Gasteiger partial charge in [0.25, 0.3) is 0 Å². The lowest BCUT2D eigenvalue weighted by atomic mass is 9.81. The van der Waals surface area contributed by atoms with E-state index in [0.717, 1.165) is 33.6 Å². The van der Waals surface area contributed by atoms with Crippen molar-refractivity contribution in [3.8, 4) is 67.3 Å². The van der Waals surface area contributed by atoms with E-state index in [1.54, 1.807) is 6.20 Å². The van der Waals surface area contributed by atoms with Crippen LogP contribution in [0.1, 0.15) is 25.0 Å². The monoisotopic (exact) mass is 577 g/mol. The fourth-order valence-corrected chi connectivity index (χ4v) is 6.55. The predicted molar refractivity (Wildman–Crippen MR) is 185 cm³/mol. The largest absolute Gasteiger partial charge is 0.264 e. The second kappa shape index (κ2) is 10.8. The molecule has 0 N–H and O–H groups in total. The fourth-order valence-electron chi connectivity index (χ4n) is 6.55. The lowest BCUT2D eigenvalue weighted by Gasteiger charge is -2.22. The SMILES string of the molecule is CC1(C)c2ccccc2-c2ccc(-c3ccc(-c4cc(-c5cccnc5)nc(-c5ccc(-c6ccccc6)cc5)n4)cc3)cc21. The molecule has 1 aliphatic rings. The summed E-state index contributed by atoms with van der Waals surface area (Å²) >= 11 is 0. The molecule has 0 aliphatic heterocycles. The average molecular weight is 578 g/mol. The highest BCUT2D eigenvalue weighted by Gasteiger charge is 2.35. The van der Waals surface area contributed by atoms with E-state index in [1.165, 1.54) is 38.9 Å². The summed E-state index contributed by atoms with van der Waals surface area (Å²) < 4.78 is 0. The van der Waals surface area contributed by atoms with Crippen LogP contribution in [0, 0.1) is 0 Å². The molecule has 0 unspecified atom stereocenters. The Balaban J connectivity index is 1.16. The van der Waals surface area contributed by atoms with Crippen LogP contribution in [0.5, 0.6) is 0 Å². The number of hydrogen-bond donors (Lipinski definition) is 0. The molecule has 2 aromatic heterocycles. The van der Waals surface area contributed by atoms with Gasteiger partial charge < -0.3 is 0 Å². The summed E-state index contributed by atoms with van der Waals surface area (Å²) in [6.45, 7) is 4.65. The van der Waals surface area contributed by atoms with Crippen LogP contribution in [0.15, 0.2) is 152 Å². The Morgan fingerprint density at radius 1 is 0.422 bits per heavy atom. The van der Waals surface area contributed by atoms with Crippen molar-refractivity contribution in [2.24, 2.45) is 0 Å². The van der Waals surface area contributed by atoms with Gasteiger partial charge in [0.2, 0.25) is 0 Å². The molecule has 0 saturated carbocycles. The number of fused-ring (bicyclic) bond motifs is 3. The normalized spacial score (nSPS) is 12.8. The molecule has 214 valence electrons. The molecule has 0 fully saturated rings. The van der Waals surface area contributed by atoms with E-state index in [0.29, 0.717) is 5.82 Å². The van der Waals surface area contributed by atoms with E-state index < -0.39 is 0 Å². The maximum Gasteiger partial charge on any atom is 0.160 e. The maximum atomic E-state index is 5.06. The van der Waals surface area contributed by atoms with Gasteiger partial charge in [0.05, 0.1) is 11.4 Å². The molecule has 2 heterocycles. The van der Waals surface area contributed by atoms with Gasteiger partial charge in [-0.05, 0) is 68.8 Å². The Labute approximate surface area is 264 Å². The first-order valence-electron chi connectivity index (χ1n) is 15.4. The lowest BCUT2D eigenvalue weighted by molar-refractivity contribution is 0.660. The summed E-state index contributed by atoms with van der Waals surface area (Å²) in [5.74, 6) is 0.690. The fraction of sp³-hybridized carbons (Fsp3) is 0.0714. The molecule has 7 aromatic rings. The number of aromatic nitrogens is 3. The van der Waals surface area contributed by atoms with Crippen LogP contribution in [-0.4, -0.2) is 15.0 Å². The molecule has 5 aromatic carbocycles. The van der Waals surface area contributed by atoms with Crippen molar-refractivity contribution in [2.75, 3.05) is 0 Å². The maximum absolute atomic E-state index is 5.06. The Bertz CT molecular complexity index is 2150. The minimum atomic E-state index is -0.0266. The van der Waals surface area contributed by atoms with Crippen LogP contribution in [0.3, 0.4) is 0 Å². The highest BCUT2D eigenvalue weighted by atomic mass is 14.9. The zero-order valence-corrected chi connectivity index (χ0v) is 25.3. The van der Waals surface area contributed by atoms with E-state index in [4.69, 9.17) is 9.97 Å². The molecule has 0 atom stereocenters. The number of benzene rings is 5. The first-order valence-corrected chi connectivity index (χ1v) is 15.4. The van der Waals surface area contributed by atoms with Crippen molar-refractivity contribution in [2.45, 2.75) is 19.3 Å². The van der Waals surface area contributed by atoms with Crippen molar-refractivity contribution in [3.63, 3.8) is 0 Å². The topological polar surface area (TPSA) is 38.7 Å². The molecule has 3 nitrogen and oxygen atoms in total. The van der Waals surface area contributed by atoms with Crippen LogP contribution in [0.2, 0.25) is 0 Å². The van der Waals surface area contributed by atoms with Gasteiger partial charge in [0, 0.05) is 34.5 Å². The van der Waals surface area contributed by atoms with E-state index in [1.807, 2.05) is 24.4 Å². The first kappa shape index (κ1) is 26.9. The summed E-state index contributed by atoms with van der Waals surface area (Å²) in [6.07, 6.45) is 3.64. The third-order valence-electron chi connectivity index (χ3n) is 9.03. The van der Waals surface area contributed by atoms with Crippen LogP contribution >= 0.6 is 0 Å². The number of nitrogens with zero attached hydrogens (tertiary/aromatic N) is 3. The standard InChI is InChI=1S/C42H31N3/c1-42(2)37-13-7-6-12-35(37)36-23-22-33(25-38(36)42)30-14-18-31(19-15-30)39-26-40(34-11-8-24-43-27-34)45-41(44-39)32-20-16-29(17-21-32)28-9-4-3-5-10-28/h3-27H,1-2H3. The quantitative estimate of drug-likeness (QED) is 0.204. The van der Waals surface area contributed by atoms with Crippen LogP contribution in [0.25, 0.3) is 67.3 Å². The zero-order chi connectivity index (χ0) is 30.4. The molecule has 8 rings (SSSR count). The Morgan fingerprint density at radius 2 is 0.978 bits per heavy atom. The predicted octanol–water partition coefficient (Wildman–Crippen LogP) is 10.5. The number of pyridine rings is 1. The van der Waals surface area contributed by atoms with Gasteiger partial charge in [-0.25, -0.2) is 9.97 Å². The molecule has 1 aliphatic carbocycles. The second-order valence-corrected chi connectivity index (χ2v) is 12.2. The molecule has 0 amide bonds. The van der Waals surface area contributed by atoms with Gasteiger partial charge in [-0.2, -0.15) is 0 Å². The Kier molecular flexibility index (Phi) is 6.46. The minimum absolute atomic E-state index is 0.0266. The van der Waals surface area contributed by atoms with Crippen LogP contribution in [0.4, 0.5) is 0 Å². The zero-order valence-electron chi connectivity index (χ0n) is 25.3. The Hall–Kier alpha value is -5.67. The van der Waals surface area contributed by atoms with E-state index in [9.17, 15) is 0 Å². The van der Waals surface area contributed by atoms with Gasteiger partial charge in [0.15, 0.2) is 5.82 Å². The highest BCUT2D eigenvalue weighted by Crippen LogP contribution is 2.49. The first-order chi connectivity index (χ1) is 22.0. The van der Waals surface area contributed by atoms with Gasteiger partial charge in [-0.3, -0.25) is 4.98 Å². The molecular formula is C42H31N3. The second-order valence-electron chi connectivity index (χ2n) is 12.2. The van der Waals surface area contributed by atoms with Crippen molar-refractivity contribution < 1.29 is 0 Å². The van der Waals surface area contributed by atoms with Crippen LogP contribution < -0.4 is 0 Å². The molecule has 0 spiro atoms. The van der Waals surface area contributed by atoms with Crippen LogP contribution in [-0.2, 0) is 5.41 Å². The number of rotatable bonds is 5. The highest BCUT2D eigenvalue weighted by molar-refractivity contribution is 5.84. The summed E-state index contributed by atoms with van der Waals surface area (Å²) in [6, 6.07) is 49.3. The molecule has 0 saturated heterocycles.